The summed E-state index contributed by atoms with van der Waals surface area (Å²) in [5.41, 5.74) is 1.81. The van der Waals surface area contributed by atoms with E-state index in [2.05, 4.69) is 5.32 Å². The summed E-state index contributed by atoms with van der Waals surface area (Å²) in [4.78, 5) is 11.7. The molecule has 21 heavy (non-hydrogen) atoms. The first-order valence-electron chi connectivity index (χ1n) is 6.28. The lowest BCUT2D eigenvalue weighted by Crippen LogP contribution is -2.24. The Morgan fingerprint density at radius 3 is 2.33 bits per heavy atom. The Morgan fingerprint density at radius 2 is 1.71 bits per heavy atom. The number of hydrogen-bond acceptors (Lipinski definition) is 2. The first kappa shape index (κ1) is 14.7. The Bertz CT molecular complexity index is 690. The molecule has 1 amide bonds. The van der Waals surface area contributed by atoms with Crippen LogP contribution in [0.1, 0.15) is 16.7 Å². The third-order valence-corrected chi connectivity index (χ3v) is 2.92. The van der Waals surface area contributed by atoms with Crippen molar-refractivity contribution < 1.29 is 13.6 Å². The largest absolute Gasteiger partial charge is 0.352 e. The fourth-order valence-corrected chi connectivity index (χ4v) is 1.80. The highest BCUT2D eigenvalue weighted by Gasteiger charge is 2.07. The van der Waals surface area contributed by atoms with E-state index in [0.29, 0.717) is 17.7 Å². The van der Waals surface area contributed by atoms with E-state index < -0.39 is 11.6 Å². The average Bonchev–Trinajstić information content (AvgIpc) is 2.49. The number of nitriles is 1. The van der Waals surface area contributed by atoms with Crippen molar-refractivity contribution in [1.29, 1.82) is 5.26 Å². The van der Waals surface area contributed by atoms with Gasteiger partial charge in [0.2, 0.25) is 5.91 Å². The molecule has 2 aromatic rings. The van der Waals surface area contributed by atoms with E-state index in [9.17, 15) is 13.6 Å². The van der Waals surface area contributed by atoms with Gasteiger partial charge in [0.25, 0.3) is 0 Å². The van der Waals surface area contributed by atoms with Crippen LogP contribution in [0.4, 0.5) is 8.78 Å². The second-order valence-corrected chi connectivity index (χ2v) is 4.51. The molecule has 0 fully saturated rings. The van der Waals surface area contributed by atoms with Gasteiger partial charge in [-0.25, -0.2) is 8.78 Å². The van der Waals surface area contributed by atoms with Crippen molar-refractivity contribution in [2.75, 3.05) is 0 Å². The average molecular weight is 286 g/mol. The molecule has 0 atom stereocenters. The third-order valence-electron chi connectivity index (χ3n) is 2.92. The molecule has 0 aliphatic heterocycles. The van der Waals surface area contributed by atoms with Gasteiger partial charge in [0.1, 0.15) is 0 Å². The molecule has 2 rings (SSSR count). The molecule has 0 unspecified atom stereocenters. The van der Waals surface area contributed by atoms with Crippen molar-refractivity contribution in [3.63, 3.8) is 0 Å². The van der Waals surface area contributed by atoms with Crippen molar-refractivity contribution >= 4 is 5.91 Å². The number of nitrogens with zero attached hydrogens (tertiary/aromatic N) is 1. The second-order valence-electron chi connectivity index (χ2n) is 4.51. The van der Waals surface area contributed by atoms with Crippen LogP contribution in [0.3, 0.4) is 0 Å². The van der Waals surface area contributed by atoms with Crippen LogP contribution in [0.2, 0.25) is 0 Å². The minimum absolute atomic E-state index is 0.0204. The zero-order valence-corrected chi connectivity index (χ0v) is 11.1. The molecule has 0 saturated heterocycles. The summed E-state index contributed by atoms with van der Waals surface area (Å²) >= 11 is 0. The van der Waals surface area contributed by atoms with E-state index in [1.807, 2.05) is 6.07 Å². The normalized spacial score (nSPS) is 9.95. The number of amides is 1. The second kappa shape index (κ2) is 6.62. The van der Waals surface area contributed by atoms with Gasteiger partial charge in [-0.2, -0.15) is 5.26 Å². The predicted octanol–water partition coefficient (Wildman–Crippen LogP) is 2.70. The maximum Gasteiger partial charge on any atom is 0.224 e. The van der Waals surface area contributed by atoms with Crippen LogP contribution in [0.5, 0.6) is 0 Å². The van der Waals surface area contributed by atoms with Crippen molar-refractivity contribution in [1.82, 2.24) is 5.32 Å². The van der Waals surface area contributed by atoms with E-state index in [0.717, 1.165) is 17.7 Å². The van der Waals surface area contributed by atoms with Crippen LogP contribution in [-0.4, -0.2) is 5.91 Å². The summed E-state index contributed by atoms with van der Waals surface area (Å²) in [6.45, 7) is 0.314. The lowest BCUT2D eigenvalue weighted by molar-refractivity contribution is -0.120. The van der Waals surface area contributed by atoms with E-state index >= 15 is 0 Å². The number of carbonyl (C=O) groups is 1. The standard InChI is InChI=1S/C16H12F2N2O/c17-14-6-5-13(7-15(14)18)8-16(21)20-10-12-3-1-11(9-19)2-4-12/h1-7H,8,10H2,(H,20,21). The first-order chi connectivity index (χ1) is 10.1. The molecule has 2 aromatic carbocycles. The molecule has 5 heteroatoms. The van der Waals surface area contributed by atoms with Crippen LogP contribution in [0.15, 0.2) is 42.5 Å². The number of carbonyl (C=O) groups excluding carboxylic acids is 1. The van der Waals surface area contributed by atoms with Gasteiger partial charge >= 0.3 is 0 Å². The molecule has 0 aliphatic carbocycles. The topological polar surface area (TPSA) is 52.9 Å². The molecule has 1 N–H and O–H groups in total. The summed E-state index contributed by atoms with van der Waals surface area (Å²) in [6, 6.07) is 12.2. The zero-order chi connectivity index (χ0) is 15.2. The molecule has 0 heterocycles. The molecule has 0 aliphatic rings. The zero-order valence-electron chi connectivity index (χ0n) is 11.1. The lowest BCUT2D eigenvalue weighted by atomic mass is 10.1. The number of benzene rings is 2. The Morgan fingerprint density at radius 1 is 1.05 bits per heavy atom. The molecule has 0 spiro atoms. The molecular weight excluding hydrogens is 274 g/mol. The molecule has 0 saturated carbocycles. The summed E-state index contributed by atoms with van der Waals surface area (Å²) in [7, 11) is 0. The quantitative estimate of drug-likeness (QED) is 0.939. The highest BCUT2D eigenvalue weighted by atomic mass is 19.2. The molecule has 0 aromatic heterocycles. The van der Waals surface area contributed by atoms with Crippen molar-refractivity contribution in [3.05, 3.63) is 70.8 Å². The van der Waals surface area contributed by atoms with Crippen LogP contribution in [0, 0.1) is 23.0 Å². The number of rotatable bonds is 4. The van der Waals surface area contributed by atoms with Gasteiger partial charge in [0, 0.05) is 6.54 Å². The van der Waals surface area contributed by atoms with Crippen molar-refractivity contribution in [2.24, 2.45) is 0 Å². The van der Waals surface area contributed by atoms with Gasteiger partial charge in [0.05, 0.1) is 18.1 Å². The monoisotopic (exact) mass is 286 g/mol. The van der Waals surface area contributed by atoms with Crippen LogP contribution in [0.25, 0.3) is 0 Å². The van der Waals surface area contributed by atoms with Gasteiger partial charge in [-0.05, 0) is 35.4 Å². The smallest absolute Gasteiger partial charge is 0.224 e. The fourth-order valence-electron chi connectivity index (χ4n) is 1.80. The van der Waals surface area contributed by atoms with Gasteiger partial charge in [-0.3, -0.25) is 4.79 Å². The van der Waals surface area contributed by atoms with E-state index in [1.54, 1.807) is 24.3 Å². The van der Waals surface area contributed by atoms with Gasteiger partial charge in [0.15, 0.2) is 11.6 Å². The maximum absolute atomic E-state index is 13.0. The highest BCUT2D eigenvalue weighted by Crippen LogP contribution is 2.09. The molecule has 106 valence electrons. The predicted molar refractivity (Wildman–Crippen MR) is 73.1 cm³/mol. The van der Waals surface area contributed by atoms with Gasteiger partial charge in [-0.15, -0.1) is 0 Å². The maximum atomic E-state index is 13.0. The van der Waals surface area contributed by atoms with Crippen LogP contribution >= 0.6 is 0 Å². The molecule has 3 nitrogen and oxygen atoms in total. The number of halogens is 2. The summed E-state index contributed by atoms with van der Waals surface area (Å²) in [5.74, 6) is -2.19. The summed E-state index contributed by atoms with van der Waals surface area (Å²) < 4.78 is 25.8. The number of nitrogens with one attached hydrogen (secondary N) is 1. The molecular formula is C16H12F2N2O. The van der Waals surface area contributed by atoms with Crippen molar-refractivity contribution in [3.8, 4) is 6.07 Å². The SMILES string of the molecule is N#Cc1ccc(CNC(=O)Cc2ccc(F)c(F)c2)cc1. The van der Waals surface area contributed by atoms with Crippen molar-refractivity contribution in [2.45, 2.75) is 13.0 Å². The Hall–Kier alpha value is -2.74. The van der Waals surface area contributed by atoms with E-state index in [4.69, 9.17) is 5.26 Å². The minimum Gasteiger partial charge on any atom is -0.352 e. The van der Waals surface area contributed by atoms with Crippen LogP contribution < -0.4 is 5.32 Å². The molecule has 0 radical (unpaired) electrons. The minimum atomic E-state index is -0.965. The van der Waals surface area contributed by atoms with Gasteiger partial charge in [-0.1, -0.05) is 18.2 Å². The van der Waals surface area contributed by atoms with Gasteiger partial charge < -0.3 is 5.32 Å². The highest BCUT2D eigenvalue weighted by molar-refractivity contribution is 5.78. The number of hydrogen-bond donors (Lipinski definition) is 1. The molecule has 0 bridgehead atoms. The van der Waals surface area contributed by atoms with E-state index in [-0.39, 0.29) is 12.3 Å². The fraction of sp³-hybridized carbons (Fsp3) is 0.125. The summed E-state index contributed by atoms with van der Waals surface area (Å²) in [6.07, 6.45) is -0.0204. The lowest BCUT2D eigenvalue weighted by Gasteiger charge is -2.06. The Labute approximate surface area is 120 Å². The third kappa shape index (κ3) is 4.11. The Kier molecular flexibility index (Phi) is 4.62. The van der Waals surface area contributed by atoms with Crippen LogP contribution in [-0.2, 0) is 17.8 Å². The first-order valence-corrected chi connectivity index (χ1v) is 6.28. The summed E-state index contributed by atoms with van der Waals surface area (Å²) in [5, 5.41) is 11.4. The Balaban J connectivity index is 1.89. The van der Waals surface area contributed by atoms with E-state index in [1.165, 1.54) is 6.07 Å².